The van der Waals surface area contributed by atoms with Gasteiger partial charge in [0.25, 0.3) is 0 Å². The van der Waals surface area contributed by atoms with E-state index in [4.69, 9.17) is 5.26 Å². The maximum atomic E-state index is 11.2. The highest BCUT2D eigenvalue weighted by Gasteiger charge is 2.65. The fourth-order valence-corrected chi connectivity index (χ4v) is 2.47. The van der Waals surface area contributed by atoms with Gasteiger partial charge in [-0.2, -0.15) is 5.26 Å². The number of hydrogen-bond acceptors (Lipinski definition) is 3. The molecule has 0 amide bonds. The zero-order chi connectivity index (χ0) is 11.7. The zero-order valence-electron chi connectivity index (χ0n) is 9.61. The number of carbonyl (C=O) groups is 1. The summed E-state index contributed by atoms with van der Waals surface area (Å²) in [5.41, 5.74) is -1.05. The number of aliphatic carboxylic acids is 1. The first-order valence-electron chi connectivity index (χ1n) is 4.89. The Morgan fingerprint density at radius 3 is 2.38 bits per heavy atom. The Bertz CT molecular complexity index is 359. The second kappa shape index (κ2) is 5.11. The van der Waals surface area contributed by atoms with Crippen molar-refractivity contribution in [1.82, 2.24) is 0 Å². The number of hydrogen-bond donors (Lipinski definition) is 1. The van der Waals surface area contributed by atoms with Crippen molar-refractivity contribution in [3.8, 4) is 6.07 Å². The van der Waals surface area contributed by atoms with Crippen LogP contribution in [0.2, 0.25) is 0 Å². The number of allylic oxidation sites excluding steroid dienone is 1. The number of thioether (sulfide) groups is 1. The second-order valence-corrected chi connectivity index (χ2v) is 5.70. The predicted molar refractivity (Wildman–Crippen MR) is 67.5 cm³/mol. The molecule has 1 aliphatic carbocycles. The van der Waals surface area contributed by atoms with Crippen LogP contribution in [0.3, 0.4) is 0 Å². The van der Waals surface area contributed by atoms with Crippen LogP contribution in [-0.2, 0) is 4.79 Å². The Kier molecular flexibility index (Phi) is 4.90. The minimum atomic E-state index is -0.822. The number of carboxylic acid groups (broad SMARTS) is 1. The van der Waals surface area contributed by atoms with Crippen molar-refractivity contribution in [2.24, 2.45) is 10.8 Å². The van der Waals surface area contributed by atoms with Crippen LogP contribution >= 0.6 is 24.2 Å². The lowest BCUT2D eigenvalue weighted by Gasteiger charge is -2.11. The summed E-state index contributed by atoms with van der Waals surface area (Å²) < 4.78 is 0. The summed E-state index contributed by atoms with van der Waals surface area (Å²) in [5.74, 6) is -0.0350. The van der Waals surface area contributed by atoms with Crippen molar-refractivity contribution >= 4 is 30.1 Å². The van der Waals surface area contributed by atoms with Crippen LogP contribution in [-0.4, -0.2) is 16.8 Å². The molecule has 3 nitrogen and oxygen atoms in total. The van der Waals surface area contributed by atoms with Gasteiger partial charge in [-0.1, -0.05) is 20.8 Å². The molecule has 16 heavy (non-hydrogen) atoms. The number of nitriles is 1. The standard InChI is InChI=1S/C11H15NO2S.ClH/c1-4-15-8(6-12)5-11(9(13)14)7-10(11,2)3;/h5H,4,7H2,1-3H3,(H,13,14);1H. The van der Waals surface area contributed by atoms with E-state index in [0.29, 0.717) is 11.3 Å². The molecule has 0 aliphatic heterocycles. The fourth-order valence-electron chi connectivity index (χ4n) is 1.81. The topological polar surface area (TPSA) is 61.1 Å². The fraction of sp³-hybridized carbons (Fsp3) is 0.636. The molecule has 1 aliphatic rings. The van der Waals surface area contributed by atoms with Crippen molar-refractivity contribution in [3.05, 3.63) is 11.0 Å². The van der Waals surface area contributed by atoms with Gasteiger partial charge in [0.1, 0.15) is 6.07 Å². The first-order chi connectivity index (χ1) is 6.89. The first-order valence-corrected chi connectivity index (χ1v) is 5.87. The van der Waals surface area contributed by atoms with Crippen LogP contribution in [0.25, 0.3) is 0 Å². The summed E-state index contributed by atoms with van der Waals surface area (Å²) >= 11 is 1.40. The lowest BCUT2D eigenvalue weighted by atomic mass is 9.95. The van der Waals surface area contributed by atoms with Gasteiger partial charge in [-0.3, -0.25) is 4.79 Å². The van der Waals surface area contributed by atoms with Crippen LogP contribution in [0.15, 0.2) is 11.0 Å². The van der Waals surface area contributed by atoms with Gasteiger partial charge in [-0.25, -0.2) is 0 Å². The van der Waals surface area contributed by atoms with Gasteiger partial charge in [0.15, 0.2) is 0 Å². The highest BCUT2D eigenvalue weighted by Crippen LogP contribution is 2.65. The number of halogens is 1. The quantitative estimate of drug-likeness (QED) is 0.790. The van der Waals surface area contributed by atoms with Gasteiger partial charge < -0.3 is 5.11 Å². The molecular weight excluding hydrogens is 246 g/mol. The van der Waals surface area contributed by atoms with Gasteiger partial charge in [0.2, 0.25) is 0 Å². The molecule has 1 saturated carbocycles. The molecule has 0 aromatic carbocycles. The van der Waals surface area contributed by atoms with Gasteiger partial charge >= 0.3 is 5.97 Å². The summed E-state index contributed by atoms with van der Waals surface area (Å²) in [4.78, 5) is 11.7. The Labute approximate surface area is 106 Å². The summed E-state index contributed by atoms with van der Waals surface area (Å²) in [5, 5.41) is 18.1. The average molecular weight is 262 g/mol. The minimum absolute atomic E-state index is 0. The number of carboxylic acids is 1. The van der Waals surface area contributed by atoms with Gasteiger partial charge in [0, 0.05) is 0 Å². The lowest BCUT2D eigenvalue weighted by molar-refractivity contribution is -0.142. The molecule has 0 aromatic rings. The molecular formula is C11H16ClNO2S. The molecule has 90 valence electrons. The van der Waals surface area contributed by atoms with Crippen LogP contribution in [0.1, 0.15) is 27.2 Å². The smallest absolute Gasteiger partial charge is 0.314 e. The van der Waals surface area contributed by atoms with Gasteiger partial charge in [-0.05, 0) is 23.7 Å². The van der Waals surface area contributed by atoms with Crippen molar-refractivity contribution in [3.63, 3.8) is 0 Å². The SMILES string of the molecule is CCSC(C#N)=CC1(C(=O)O)CC1(C)C.Cl. The van der Waals surface area contributed by atoms with E-state index in [1.165, 1.54) is 11.8 Å². The maximum Gasteiger partial charge on any atom is 0.314 e. The number of nitrogens with zero attached hydrogens (tertiary/aromatic N) is 1. The Morgan fingerprint density at radius 1 is 1.62 bits per heavy atom. The van der Waals surface area contributed by atoms with Crippen molar-refractivity contribution in [1.29, 1.82) is 5.26 Å². The highest BCUT2D eigenvalue weighted by molar-refractivity contribution is 8.03. The molecule has 1 atom stereocenters. The molecule has 0 bridgehead atoms. The predicted octanol–water partition coefficient (Wildman–Crippen LogP) is 3.07. The molecule has 5 heteroatoms. The molecule has 1 rings (SSSR count). The number of rotatable bonds is 4. The van der Waals surface area contributed by atoms with Crippen LogP contribution < -0.4 is 0 Å². The van der Waals surface area contributed by atoms with E-state index in [1.807, 2.05) is 20.8 Å². The molecule has 1 fully saturated rings. The van der Waals surface area contributed by atoms with Crippen molar-refractivity contribution in [2.45, 2.75) is 27.2 Å². The first kappa shape index (κ1) is 15.3. The normalized spacial score (nSPS) is 26.5. The average Bonchev–Trinajstić information content (AvgIpc) is 2.69. The third-order valence-electron chi connectivity index (χ3n) is 2.97. The van der Waals surface area contributed by atoms with Crippen molar-refractivity contribution in [2.75, 3.05) is 5.75 Å². The van der Waals surface area contributed by atoms with Crippen LogP contribution in [0.4, 0.5) is 0 Å². The van der Waals surface area contributed by atoms with Gasteiger partial charge in [0.05, 0.1) is 10.3 Å². The lowest BCUT2D eigenvalue weighted by Crippen LogP contribution is -2.18. The maximum absolute atomic E-state index is 11.2. The van der Waals surface area contributed by atoms with E-state index in [9.17, 15) is 9.90 Å². The Hall–Kier alpha value is -0.660. The summed E-state index contributed by atoms with van der Waals surface area (Å²) in [6.45, 7) is 5.79. The van der Waals surface area contributed by atoms with Crippen molar-refractivity contribution < 1.29 is 9.90 Å². The van der Waals surface area contributed by atoms with Gasteiger partial charge in [-0.15, -0.1) is 24.2 Å². The Morgan fingerprint density at radius 2 is 2.12 bits per heavy atom. The molecule has 0 spiro atoms. The molecule has 0 aromatic heterocycles. The summed E-state index contributed by atoms with van der Waals surface area (Å²) in [7, 11) is 0. The van der Waals surface area contributed by atoms with E-state index in [-0.39, 0.29) is 17.8 Å². The van der Waals surface area contributed by atoms with E-state index in [0.717, 1.165) is 5.75 Å². The van der Waals surface area contributed by atoms with E-state index < -0.39 is 11.4 Å². The van der Waals surface area contributed by atoms with Crippen LogP contribution in [0, 0.1) is 22.2 Å². The third-order valence-corrected chi connectivity index (χ3v) is 3.78. The summed E-state index contributed by atoms with van der Waals surface area (Å²) in [6, 6.07) is 2.05. The van der Waals surface area contributed by atoms with Crippen LogP contribution in [0.5, 0.6) is 0 Å². The molecule has 1 N–H and O–H groups in total. The molecule has 0 saturated heterocycles. The molecule has 0 radical (unpaired) electrons. The Balaban J connectivity index is 0.00000225. The second-order valence-electron chi connectivity index (χ2n) is 4.39. The minimum Gasteiger partial charge on any atom is -0.481 e. The highest BCUT2D eigenvalue weighted by atomic mass is 35.5. The molecule has 0 heterocycles. The summed E-state index contributed by atoms with van der Waals surface area (Å²) in [6.07, 6.45) is 2.24. The van der Waals surface area contributed by atoms with E-state index >= 15 is 0 Å². The van der Waals surface area contributed by atoms with E-state index in [2.05, 4.69) is 6.07 Å². The third kappa shape index (κ3) is 2.53. The monoisotopic (exact) mass is 261 g/mol. The van der Waals surface area contributed by atoms with E-state index in [1.54, 1.807) is 6.08 Å². The largest absolute Gasteiger partial charge is 0.481 e. The molecule has 1 unspecified atom stereocenters. The zero-order valence-corrected chi connectivity index (χ0v) is 11.2.